The summed E-state index contributed by atoms with van der Waals surface area (Å²) >= 11 is 0. The molecule has 9 N–H and O–H groups in total. The van der Waals surface area contributed by atoms with Gasteiger partial charge in [-0.1, -0.05) is 121 Å². The quantitative estimate of drug-likeness (QED) is 0.0234. The predicted molar refractivity (Wildman–Crippen MR) is 386 cm³/mol. The number of aromatic hydroxyl groups is 5. The highest BCUT2D eigenvalue weighted by atomic mass is 16.5. The molecule has 1 aliphatic carbocycles. The van der Waals surface area contributed by atoms with Crippen LogP contribution in [-0.2, 0) is 35.2 Å². The molecule has 0 aliphatic heterocycles. The Balaban J connectivity index is 0.643. The number of nitrogens with one attached hydrogen (secondary N) is 2. The van der Waals surface area contributed by atoms with E-state index in [1.54, 1.807) is 155 Å². The SMILES string of the molecule is NCCCOc1c2cccc1Cc1cccc(c1OCCOCCNC(=O)c1ccc(-n3nc(-c4ccccc4O)nc3-c3ccccc3O)cc1)Cc1cccc(c1O)Cc1cccc(c1OCCOCCNC(=O)c1ccc(-n3nc(-c4ccccc4O)nc3-c3ccccc3O)cc1)C2. The van der Waals surface area contributed by atoms with Crippen molar-refractivity contribution >= 4 is 11.8 Å². The van der Waals surface area contributed by atoms with E-state index < -0.39 is 0 Å². The fraction of sp³-hybridized carbons (Fsp3) is 0.185. The summed E-state index contributed by atoms with van der Waals surface area (Å²) in [6.07, 6.45) is 2.27. The Labute approximate surface area is 588 Å². The summed E-state index contributed by atoms with van der Waals surface area (Å²) in [4.78, 5) is 36.3. The number of fused-ring (bicyclic) bond motifs is 8. The lowest BCUT2D eigenvalue weighted by atomic mass is 9.91. The van der Waals surface area contributed by atoms with Crippen molar-refractivity contribution in [2.45, 2.75) is 32.1 Å². The van der Waals surface area contributed by atoms with Crippen LogP contribution in [0.15, 0.2) is 218 Å². The molecule has 0 saturated carbocycles. The van der Waals surface area contributed by atoms with E-state index in [2.05, 4.69) is 22.8 Å². The minimum absolute atomic E-state index is 0.00992. The number of amides is 2. The number of para-hydroxylation sites is 8. The van der Waals surface area contributed by atoms with Gasteiger partial charge in [-0.2, -0.15) is 0 Å². The van der Waals surface area contributed by atoms with Crippen LogP contribution in [0.3, 0.4) is 0 Å². The first-order chi connectivity index (χ1) is 50.0. The Morgan fingerprint density at radius 3 is 1.05 bits per heavy atom. The number of ether oxygens (including phenoxy) is 5. The highest BCUT2D eigenvalue weighted by Crippen LogP contribution is 2.41. The number of carbonyl (C=O) groups excluding carboxylic acids is 2. The monoisotopic (exact) mass is 1370 g/mol. The summed E-state index contributed by atoms with van der Waals surface area (Å²) in [5.74, 6) is 2.91. The molecule has 0 unspecified atom stereocenters. The molecule has 21 nitrogen and oxygen atoms in total. The molecule has 2 aromatic heterocycles. The van der Waals surface area contributed by atoms with Gasteiger partial charge in [-0.25, -0.2) is 19.3 Å². The number of hydrogen-bond acceptors (Lipinski definition) is 17. The maximum Gasteiger partial charge on any atom is 0.251 e. The predicted octanol–water partition coefficient (Wildman–Crippen LogP) is 12.1. The van der Waals surface area contributed by atoms with Gasteiger partial charge in [-0.05, 0) is 155 Å². The Kier molecular flexibility index (Phi) is 21.5. The third kappa shape index (κ3) is 15.7. The number of rotatable bonds is 26. The van der Waals surface area contributed by atoms with Crippen LogP contribution >= 0.6 is 0 Å². The molecular formula is C81H75N9O12. The standard InChI is InChI=1S/C81H75N9O12/c82-38-13-41-100-73-58-18-12-19-59(73)51-61-21-11-17-57(75(61)102-47-45-99-43-40-84-81(97)53-32-36-63(37-33-53)90-79(67-25-4-8-29-71(67)94)86-77(88-90)65-23-2-6-27-69(65)92)49-55-15-9-14-54(72(55)95)48-56-16-10-20-60(50-58)74(56)101-46-44-98-42-39-83-80(96)52-30-34-62(35-31-52)89-78(66-24-3-7-28-70(66)93)85-76(87-89)64-22-1-5-26-68(64)91/h1-12,14-37,91-95H,13,38-51,82H2,(H,83,96)(H,84,97). The molecule has 0 saturated heterocycles. The number of carbonyl (C=O) groups is 2. The minimum atomic E-state index is -0.303. The largest absolute Gasteiger partial charge is 0.507 e. The molecule has 21 heteroatoms. The van der Waals surface area contributed by atoms with Crippen molar-refractivity contribution in [3.05, 3.63) is 274 Å². The Hall–Kier alpha value is -12.3. The lowest BCUT2D eigenvalue weighted by Crippen LogP contribution is -2.27. The highest BCUT2D eigenvalue weighted by Gasteiger charge is 2.25. The van der Waals surface area contributed by atoms with E-state index in [0.29, 0.717) is 124 Å². The van der Waals surface area contributed by atoms with Crippen LogP contribution in [0.2, 0.25) is 0 Å². The molecule has 1 aliphatic rings. The second kappa shape index (κ2) is 32.1. The van der Waals surface area contributed by atoms with Crippen molar-refractivity contribution in [2.24, 2.45) is 5.73 Å². The fourth-order valence-electron chi connectivity index (χ4n) is 12.3. The van der Waals surface area contributed by atoms with Crippen LogP contribution in [0, 0.1) is 0 Å². The first-order valence-corrected chi connectivity index (χ1v) is 33.7. The molecule has 102 heavy (non-hydrogen) atoms. The van der Waals surface area contributed by atoms with Gasteiger partial charge in [-0.3, -0.25) is 9.59 Å². The van der Waals surface area contributed by atoms with Crippen LogP contribution in [-0.4, -0.2) is 133 Å². The summed E-state index contributed by atoms with van der Waals surface area (Å²) < 4.78 is 35.3. The van der Waals surface area contributed by atoms with Gasteiger partial charge < -0.3 is 65.6 Å². The van der Waals surface area contributed by atoms with Gasteiger partial charge in [0.25, 0.3) is 11.8 Å². The second-order valence-corrected chi connectivity index (χ2v) is 24.3. The summed E-state index contributed by atoms with van der Waals surface area (Å²) in [6.45, 7) is 2.57. The third-order valence-electron chi connectivity index (χ3n) is 17.4. The zero-order valence-corrected chi connectivity index (χ0v) is 55.7. The van der Waals surface area contributed by atoms with Crippen molar-refractivity contribution in [1.82, 2.24) is 40.2 Å². The summed E-state index contributed by atoms with van der Waals surface area (Å²) in [6, 6.07) is 64.8. The second-order valence-electron chi connectivity index (χ2n) is 24.3. The molecule has 0 spiro atoms. The molecule has 2 amide bonds. The van der Waals surface area contributed by atoms with E-state index in [4.69, 9.17) is 49.6 Å². The Morgan fingerprint density at radius 1 is 0.373 bits per heavy atom. The van der Waals surface area contributed by atoms with E-state index in [-0.39, 0.29) is 105 Å². The maximum absolute atomic E-state index is 13.4. The number of benzene rings is 10. The molecule has 12 aromatic rings. The average Bonchev–Trinajstić information content (AvgIpc) is 1.58. The van der Waals surface area contributed by atoms with Crippen LogP contribution in [0.1, 0.15) is 71.6 Å². The van der Waals surface area contributed by atoms with Gasteiger partial charge >= 0.3 is 0 Å². The van der Waals surface area contributed by atoms with E-state index in [1.807, 2.05) is 60.7 Å². The molecule has 10 aromatic carbocycles. The van der Waals surface area contributed by atoms with Crippen molar-refractivity contribution in [2.75, 3.05) is 65.9 Å². The van der Waals surface area contributed by atoms with Crippen LogP contribution in [0.4, 0.5) is 0 Å². The molecule has 13 rings (SSSR count). The first-order valence-electron chi connectivity index (χ1n) is 33.7. The van der Waals surface area contributed by atoms with Crippen molar-refractivity contribution in [3.8, 4) is 103 Å². The van der Waals surface area contributed by atoms with E-state index in [1.165, 1.54) is 0 Å². The van der Waals surface area contributed by atoms with E-state index in [9.17, 15) is 35.1 Å². The van der Waals surface area contributed by atoms with Gasteiger partial charge in [-0.15, -0.1) is 10.2 Å². The average molecular weight is 1370 g/mol. The fourth-order valence-corrected chi connectivity index (χ4v) is 12.3. The van der Waals surface area contributed by atoms with E-state index in [0.717, 1.165) is 39.1 Å². The lowest BCUT2D eigenvalue weighted by Gasteiger charge is -2.22. The third-order valence-corrected chi connectivity index (χ3v) is 17.4. The smallest absolute Gasteiger partial charge is 0.251 e. The van der Waals surface area contributed by atoms with Crippen molar-refractivity contribution < 1.29 is 58.8 Å². The van der Waals surface area contributed by atoms with Crippen LogP contribution < -0.4 is 30.6 Å². The van der Waals surface area contributed by atoms with Gasteiger partial charge in [0.2, 0.25) is 0 Å². The number of phenols is 5. The maximum atomic E-state index is 13.4. The molecular weight excluding hydrogens is 1290 g/mol. The van der Waals surface area contributed by atoms with Gasteiger partial charge in [0.1, 0.15) is 59.2 Å². The number of aromatic nitrogens is 6. The molecule has 516 valence electrons. The first kappa shape index (κ1) is 68.2. The number of phenolic OH excluding ortho intramolecular Hbond substituents is 5. The molecule has 8 bridgehead atoms. The van der Waals surface area contributed by atoms with Gasteiger partial charge in [0.05, 0.1) is 66.7 Å². The highest BCUT2D eigenvalue weighted by molar-refractivity contribution is 5.95. The molecule has 0 atom stereocenters. The Morgan fingerprint density at radius 2 is 0.696 bits per heavy atom. The summed E-state index contributed by atoms with van der Waals surface area (Å²) in [5.41, 5.74) is 16.6. The lowest BCUT2D eigenvalue weighted by molar-refractivity contribution is 0.0860. The van der Waals surface area contributed by atoms with Crippen LogP contribution in [0.25, 0.3) is 56.9 Å². The summed E-state index contributed by atoms with van der Waals surface area (Å²) in [5, 5.41) is 70.2. The van der Waals surface area contributed by atoms with Gasteiger partial charge in [0.15, 0.2) is 23.3 Å². The zero-order chi connectivity index (χ0) is 70.3. The van der Waals surface area contributed by atoms with Crippen molar-refractivity contribution in [1.29, 1.82) is 0 Å². The van der Waals surface area contributed by atoms with Crippen LogP contribution in [0.5, 0.6) is 46.0 Å². The molecule has 0 radical (unpaired) electrons. The molecule has 2 heterocycles. The minimum Gasteiger partial charge on any atom is -0.507 e. The zero-order valence-electron chi connectivity index (χ0n) is 55.7. The number of hydrogen-bond donors (Lipinski definition) is 8. The van der Waals surface area contributed by atoms with Gasteiger partial charge in [0, 0.05) is 49.9 Å². The molecule has 0 fully saturated rings. The summed E-state index contributed by atoms with van der Waals surface area (Å²) in [7, 11) is 0. The normalized spacial score (nSPS) is 11.8. The topological polar surface area (TPSA) is 293 Å². The van der Waals surface area contributed by atoms with E-state index >= 15 is 0 Å². The number of nitrogens with two attached hydrogens (primary N) is 1. The Bertz CT molecular complexity index is 4650. The number of nitrogens with zero attached hydrogens (tertiary/aromatic N) is 6. The van der Waals surface area contributed by atoms with Crippen molar-refractivity contribution in [3.63, 3.8) is 0 Å².